The molecule has 0 radical (unpaired) electrons. The number of aliphatic carboxylic acids is 1. The molecule has 3 heterocycles. The molecule has 5 aliphatic rings. The van der Waals surface area contributed by atoms with Crippen LogP contribution in [0.1, 0.15) is 58.7 Å². The summed E-state index contributed by atoms with van der Waals surface area (Å²) in [6.45, 7) is -0.891. The molecule has 11 unspecified atom stereocenters. The molecule has 0 spiro atoms. The maximum Gasteiger partial charge on any atom is 0.355 e. The highest BCUT2D eigenvalue weighted by Gasteiger charge is 2.69. The topological polar surface area (TPSA) is 272 Å². The first-order valence-electron chi connectivity index (χ1n) is 19.9. The molecular weight excluding hydrogens is 776 g/mol. The first-order chi connectivity index (χ1) is 28.7. The number of allylic oxidation sites excluding steroid dienone is 1. The van der Waals surface area contributed by atoms with E-state index in [4.69, 9.17) is 15.2 Å². The Balaban J connectivity index is 1.18. The van der Waals surface area contributed by atoms with Gasteiger partial charge in [0.25, 0.3) is 5.91 Å². The van der Waals surface area contributed by atoms with Crippen LogP contribution in [-0.4, -0.2) is 111 Å². The Morgan fingerprint density at radius 1 is 1.03 bits per heavy atom. The van der Waals surface area contributed by atoms with Gasteiger partial charge in [0, 0.05) is 53.4 Å². The van der Waals surface area contributed by atoms with E-state index in [0.29, 0.717) is 24.0 Å². The fraction of sp³-hybridized carbons (Fsp3) is 0.386. The van der Waals surface area contributed by atoms with Crippen molar-refractivity contribution in [3.05, 3.63) is 119 Å². The summed E-state index contributed by atoms with van der Waals surface area (Å²) in [5.74, 6) is -7.93. The molecule has 2 fully saturated rings. The van der Waals surface area contributed by atoms with Crippen molar-refractivity contribution in [2.24, 2.45) is 17.6 Å². The van der Waals surface area contributed by atoms with Crippen molar-refractivity contribution in [2.75, 3.05) is 11.5 Å². The molecule has 4 aromatic rings. The minimum Gasteiger partial charge on any atom is -0.508 e. The van der Waals surface area contributed by atoms with Crippen molar-refractivity contribution >= 4 is 23.6 Å². The number of nitrogens with zero attached hydrogens (tertiary/aromatic N) is 2. The van der Waals surface area contributed by atoms with Crippen molar-refractivity contribution in [3.63, 3.8) is 0 Å². The lowest BCUT2D eigenvalue weighted by atomic mass is 9.54. The molecule has 11 atom stereocenters. The number of benzene rings is 3. The minimum absolute atomic E-state index is 0.00152. The Bertz CT molecular complexity index is 2400. The second-order valence-corrected chi connectivity index (χ2v) is 16.5. The summed E-state index contributed by atoms with van der Waals surface area (Å²) in [4.78, 5) is 37.0. The third-order valence-electron chi connectivity index (χ3n) is 13.6. The Labute approximate surface area is 343 Å². The first kappa shape index (κ1) is 39.8. The molecule has 11 N–H and O–H groups in total. The zero-order valence-corrected chi connectivity index (χ0v) is 32.2. The number of anilines is 1. The number of nitrogens with two attached hydrogens (primary N) is 1. The Morgan fingerprint density at radius 2 is 1.83 bits per heavy atom. The minimum atomic E-state index is -3.13. The molecule has 16 nitrogen and oxygen atoms in total. The highest BCUT2D eigenvalue weighted by atomic mass is 16.8. The summed E-state index contributed by atoms with van der Waals surface area (Å²) in [5, 5.41) is 86.4. The van der Waals surface area contributed by atoms with Gasteiger partial charge in [0.05, 0.1) is 18.6 Å². The number of hydrogen-bond acceptors (Lipinski definition) is 13. The van der Waals surface area contributed by atoms with Gasteiger partial charge >= 0.3 is 11.9 Å². The zero-order valence-electron chi connectivity index (χ0n) is 32.2. The molecule has 60 heavy (non-hydrogen) atoms. The predicted molar refractivity (Wildman–Crippen MR) is 213 cm³/mol. The van der Waals surface area contributed by atoms with Gasteiger partial charge in [0.15, 0.2) is 23.1 Å². The van der Waals surface area contributed by atoms with Crippen LogP contribution in [0.4, 0.5) is 5.69 Å². The number of H-pyrrole nitrogens is 1. The number of rotatable bonds is 9. The maximum atomic E-state index is 14.8. The van der Waals surface area contributed by atoms with E-state index < -0.39 is 83.2 Å². The lowest BCUT2D eigenvalue weighted by Crippen LogP contribution is -2.67. The summed E-state index contributed by atoms with van der Waals surface area (Å²) in [6.07, 6.45) is 4.90. The molecule has 3 aromatic carbocycles. The van der Waals surface area contributed by atoms with E-state index in [1.165, 1.54) is 36.7 Å². The number of aromatic nitrogens is 2. The Kier molecular flexibility index (Phi) is 9.66. The van der Waals surface area contributed by atoms with Gasteiger partial charge in [-0.3, -0.25) is 9.69 Å². The second-order valence-electron chi connectivity index (χ2n) is 16.5. The number of aromatic amines is 1. The largest absolute Gasteiger partial charge is 0.508 e. The number of aryl methyl sites for hydroxylation is 1. The Hall–Kier alpha value is -5.59. The van der Waals surface area contributed by atoms with Gasteiger partial charge in [-0.2, -0.15) is 0 Å². The number of hydrogen-bond donors (Lipinski definition) is 10. The number of aliphatic hydroxyl groups excluding tert-OH is 4. The standard InChI is InChI=1S/C44H46N4O12/c45-35-11-9-25-8-7-23-3-1-2-4-28(23)43(25,35)29-13-14-42(41(56)57)37(29)27-17-32(51)33(59-44(58)40(55)39(54)38(53)34(20-49)60-44)18-30(27)48(42)36(52)12-6-22-5-10-31(50)24(15-22)16-26-19-46-21-47-26/h1-6,10,12-15,17-19,21,25,29,34-35,37-40,49-51,53-55,58H,7-9,11,16,20,45H2,(H,46,47)(H,56,57). The summed E-state index contributed by atoms with van der Waals surface area (Å²) in [6, 6.07) is 14.8. The highest BCUT2D eigenvalue weighted by molar-refractivity contribution is 6.13. The Morgan fingerprint density at radius 3 is 2.58 bits per heavy atom. The summed E-state index contributed by atoms with van der Waals surface area (Å²) in [5.41, 5.74) is 8.58. The molecule has 3 aliphatic carbocycles. The van der Waals surface area contributed by atoms with E-state index in [9.17, 15) is 50.4 Å². The van der Waals surface area contributed by atoms with Gasteiger partial charge in [-0.15, -0.1) is 0 Å². The van der Waals surface area contributed by atoms with Crippen LogP contribution in [0, 0.1) is 11.8 Å². The van der Waals surface area contributed by atoms with Crippen LogP contribution in [0.25, 0.3) is 6.08 Å². The van der Waals surface area contributed by atoms with Crippen LogP contribution in [0.15, 0.2) is 85.3 Å². The lowest BCUT2D eigenvalue weighted by molar-refractivity contribution is -0.422. The van der Waals surface area contributed by atoms with E-state index in [0.717, 1.165) is 47.0 Å². The number of carbonyl (C=O) groups excluding carboxylic acids is 1. The number of ether oxygens (including phenoxy) is 2. The van der Waals surface area contributed by atoms with E-state index >= 15 is 0 Å². The van der Waals surface area contributed by atoms with E-state index in [1.54, 1.807) is 18.3 Å². The van der Waals surface area contributed by atoms with Gasteiger partial charge in [-0.1, -0.05) is 42.5 Å². The third kappa shape index (κ3) is 5.81. The quantitative estimate of drug-likeness (QED) is 0.0654. The zero-order chi connectivity index (χ0) is 42.3. The summed E-state index contributed by atoms with van der Waals surface area (Å²) < 4.78 is 11.0. The monoisotopic (exact) mass is 822 g/mol. The second kappa shape index (κ2) is 14.6. The number of carboxylic acid groups (broad SMARTS) is 1. The molecular formula is C44H46N4O12. The van der Waals surface area contributed by atoms with Crippen molar-refractivity contribution in [2.45, 2.75) is 85.4 Å². The van der Waals surface area contributed by atoms with Crippen LogP contribution >= 0.6 is 0 Å². The van der Waals surface area contributed by atoms with Crippen LogP contribution in [0.5, 0.6) is 17.2 Å². The number of aromatic hydroxyl groups is 2. The van der Waals surface area contributed by atoms with Crippen LogP contribution < -0.4 is 15.4 Å². The van der Waals surface area contributed by atoms with Crippen LogP contribution in [-0.2, 0) is 32.6 Å². The number of fused-ring (bicyclic) bond motifs is 6. The number of nitrogens with one attached hydrogen (secondary N) is 1. The van der Waals surface area contributed by atoms with Gasteiger partial charge in [0.1, 0.15) is 24.1 Å². The number of phenols is 2. The smallest absolute Gasteiger partial charge is 0.355 e. The average Bonchev–Trinajstić information content (AvgIpc) is 4.03. The maximum absolute atomic E-state index is 14.8. The van der Waals surface area contributed by atoms with Gasteiger partial charge in [-0.25, -0.2) is 9.78 Å². The van der Waals surface area contributed by atoms with Crippen molar-refractivity contribution in [3.8, 4) is 17.2 Å². The van der Waals surface area contributed by atoms with E-state index in [1.807, 2.05) is 18.2 Å². The number of carboxylic acids is 1. The number of carbonyl (C=O) groups is 2. The van der Waals surface area contributed by atoms with Crippen molar-refractivity contribution in [1.29, 1.82) is 0 Å². The third-order valence-corrected chi connectivity index (χ3v) is 13.6. The lowest BCUT2D eigenvalue weighted by Gasteiger charge is -2.50. The predicted octanol–water partition coefficient (Wildman–Crippen LogP) is 1.68. The molecule has 9 rings (SSSR count). The molecule has 1 amide bonds. The fourth-order valence-electron chi connectivity index (χ4n) is 10.9. The first-order valence-corrected chi connectivity index (χ1v) is 19.9. The van der Waals surface area contributed by atoms with Crippen molar-refractivity contribution < 1.29 is 59.9 Å². The van der Waals surface area contributed by atoms with Gasteiger partial charge < -0.3 is 61.0 Å². The fourth-order valence-corrected chi connectivity index (χ4v) is 10.9. The van der Waals surface area contributed by atoms with Gasteiger partial charge in [-0.05, 0) is 84.0 Å². The number of amides is 1. The molecule has 1 aromatic heterocycles. The normalized spacial score (nSPS) is 34.0. The highest BCUT2D eigenvalue weighted by Crippen LogP contribution is 2.67. The average molecular weight is 823 g/mol. The van der Waals surface area contributed by atoms with Crippen molar-refractivity contribution in [1.82, 2.24) is 9.97 Å². The van der Waals surface area contributed by atoms with Crippen LogP contribution in [0.3, 0.4) is 0 Å². The van der Waals surface area contributed by atoms with Gasteiger partial charge in [0.2, 0.25) is 0 Å². The summed E-state index contributed by atoms with van der Waals surface area (Å²) >= 11 is 0. The van der Waals surface area contributed by atoms with E-state index in [-0.39, 0.29) is 29.0 Å². The SMILES string of the molecule is NC1CCC2CCc3ccccc3C12C1C=CC2(C(=O)O)C1c1cc(O)c(OC3(O)OC(CO)C(O)C(O)C3O)cc1N2C(=O)C=Cc1ccc(O)c(Cc2cnc[nH]2)c1. The molecule has 1 saturated heterocycles. The number of phenolic OH excluding ortho intramolecular Hbond substituents is 2. The number of aliphatic hydroxyl groups is 5. The molecule has 2 aliphatic heterocycles. The van der Waals surface area contributed by atoms with E-state index in [2.05, 4.69) is 22.1 Å². The molecule has 16 heteroatoms. The molecule has 314 valence electrons. The molecule has 1 saturated carbocycles. The summed E-state index contributed by atoms with van der Waals surface area (Å²) in [7, 11) is 0. The van der Waals surface area contributed by atoms with Crippen LogP contribution in [0.2, 0.25) is 0 Å². The molecule has 0 bridgehead atoms. The number of imidazole rings is 1.